The molecule has 0 bridgehead atoms. The highest BCUT2D eigenvalue weighted by molar-refractivity contribution is 5.97. The smallest absolute Gasteiger partial charge is 0.253 e. The van der Waals surface area contributed by atoms with Crippen LogP contribution >= 0.6 is 0 Å². The number of nitrogens with one attached hydrogen (secondary N) is 1. The van der Waals surface area contributed by atoms with Crippen LogP contribution in [0.25, 0.3) is 10.9 Å². The fourth-order valence-corrected chi connectivity index (χ4v) is 2.57. The van der Waals surface area contributed by atoms with Gasteiger partial charge in [-0.15, -0.1) is 0 Å². The van der Waals surface area contributed by atoms with Gasteiger partial charge >= 0.3 is 0 Å². The molecule has 2 unspecified atom stereocenters. The van der Waals surface area contributed by atoms with Crippen molar-refractivity contribution in [2.45, 2.75) is 19.4 Å². The second kappa shape index (κ2) is 4.66. The van der Waals surface area contributed by atoms with E-state index in [1.165, 1.54) is 0 Å². The Morgan fingerprint density at radius 2 is 2.37 bits per heavy atom. The number of carbonyl (C=O) groups is 1. The number of aliphatic hydroxyl groups is 1. The molecular formula is C14H17N3O2. The molecule has 2 aromatic rings. The van der Waals surface area contributed by atoms with Crippen LogP contribution in [0.2, 0.25) is 0 Å². The van der Waals surface area contributed by atoms with Gasteiger partial charge in [-0.05, 0) is 24.5 Å². The van der Waals surface area contributed by atoms with Crippen molar-refractivity contribution in [2.24, 2.45) is 5.92 Å². The number of likely N-dealkylation sites (tertiary alicyclic amines) is 1. The highest BCUT2D eigenvalue weighted by atomic mass is 16.3. The lowest BCUT2D eigenvalue weighted by Gasteiger charge is -2.34. The fraction of sp³-hybridized carbons (Fsp3) is 0.429. The van der Waals surface area contributed by atoms with Crippen LogP contribution in [0.1, 0.15) is 23.7 Å². The molecule has 5 heteroatoms. The number of H-pyrrole nitrogens is 1. The first-order chi connectivity index (χ1) is 9.15. The molecule has 2 N–H and O–H groups in total. The van der Waals surface area contributed by atoms with Crippen LogP contribution in [0.5, 0.6) is 0 Å². The molecule has 1 aliphatic rings. The molecule has 1 aromatic carbocycles. The minimum Gasteiger partial charge on any atom is -0.393 e. The molecule has 3 rings (SSSR count). The number of nitrogens with zero attached hydrogens (tertiary/aromatic N) is 2. The van der Waals surface area contributed by atoms with Crippen molar-refractivity contribution in [3.8, 4) is 0 Å². The lowest BCUT2D eigenvalue weighted by atomic mass is 9.96. The van der Waals surface area contributed by atoms with Crippen LogP contribution in [0.15, 0.2) is 24.4 Å². The second-order valence-corrected chi connectivity index (χ2v) is 5.26. The lowest BCUT2D eigenvalue weighted by Crippen LogP contribution is -2.44. The molecule has 19 heavy (non-hydrogen) atoms. The van der Waals surface area contributed by atoms with E-state index in [0.29, 0.717) is 25.1 Å². The number of hydrogen-bond donors (Lipinski definition) is 2. The maximum Gasteiger partial charge on any atom is 0.253 e. The lowest BCUT2D eigenvalue weighted by molar-refractivity contribution is 0.0297. The van der Waals surface area contributed by atoms with Gasteiger partial charge in [0.25, 0.3) is 5.91 Å². The zero-order valence-electron chi connectivity index (χ0n) is 10.8. The summed E-state index contributed by atoms with van der Waals surface area (Å²) in [5.74, 6) is 0.156. The van der Waals surface area contributed by atoms with E-state index in [-0.39, 0.29) is 17.9 Å². The van der Waals surface area contributed by atoms with Gasteiger partial charge in [0.1, 0.15) is 0 Å². The Bertz CT molecular complexity index is 608. The van der Waals surface area contributed by atoms with Crippen molar-refractivity contribution in [2.75, 3.05) is 13.1 Å². The molecule has 1 saturated heterocycles. The van der Waals surface area contributed by atoms with Crippen molar-refractivity contribution in [1.82, 2.24) is 15.1 Å². The average molecular weight is 259 g/mol. The molecule has 1 amide bonds. The third-order valence-electron chi connectivity index (χ3n) is 3.84. The summed E-state index contributed by atoms with van der Waals surface area (Å²) in [5.41, 5.74) is 1.54. The van der Waals surface area contributed by atoms with Crippen molar-refractivity contribution in [3.63, 3.8) is 0 Å². The van der Waals surface area contributed by atoms with Crippen LogP contribution in [0.4, 0.5) is 0 Å². The summed E-state index contributed by atoms with van der Waals surface area (Å²) in [6.07, 6.45) is 2.10. The molecule has 1 aliphatic heterocycles. The van der Waals surface area contributed by atoms with Gasteiger partial charge in [0.05, 0.1) is 17.8 Å². The summed E-state index contributed by atoms with van der Waals surface area (Å²) in [6.45, 7) is 3.20. The van der Waals surface area contributed by atoms with E-state index in [2.05, 4.69) is 10.2 Å². The first kappa shape index (κ1) is 12.2. The highest BCUT2D eigenvalue weighted by Crippen LogP contribution is 2.20. The van der Waals surface area contributed by atoms with Crippen molar-refractivity contribution >= 4 is 16.8 Å². The van der Waals surface area contributed by atoms with Gasteiger partial charge in [-0.3, -0.25) is 9.89 Å². The quantitative estimate of drug-likeness (QED) is 0.813. The van der Waals surface area contributed by atoms with Gasteiger partial charge in [-0.1, -0.05) is 13.0 Å². The van der Waals surface area contributed by atoms with Crippen LogP contribution < -0.4 is 0 Å². The summed E-state index contributed by atoms with van der Waals surface area (Å²) in [7, 11) is 0. The van der Waals surface area contributed by atoms with Crippen molar-refractivity contribution in [3.05, 3.63) is 30.0 Å². The molecule has 2 atom stereocenters. The van der Waals surface area contributed by atoms with E-state index < -0.39 is 0 Å². The molecule has 1 fully saturated rings. The van der Waals surface area contributed by atoms with E-state index in [0.717, 1.165) is 10.9 Å². The van der Waals surface area contributed by atoms with Crippen LogP contribution in [-0.2, 0) is 0 Å². The second-order valence-electron chi connectivity index (χ2n) is 5.26. The SMILES string of the molecule is CC1CN(C(=O)c2ccc3cn[nH]c3c2)CCC1O. The highest BCUT2D eigenvalue weighted by Gasteiger charge is 2.27. The van der Waals surface area contributed by atoms with Gasteiger partial charge in [0, 0.05) is 24.0 Å². The predicted molar refractivity (Wildman–Crippen MR) is 71.8 cm³/mol. The predicted octanol–water partition coefficient (Wildman–Crippen LogP) is 1.41. The van der Waals surface area contributed by atoms with Gasteiger partial charge < -0.3 is 10.0 Å². The fourth-order valence-electron chi connectivity index (χ4n) is 2.57. The third-order valence-corrected chi connectivity index (χ3v) is 3.84. The Balaban J connectivity index is 1.83. The van der Waals surface area contributed by atoms with Gasteiger partial charge in [0.15, 0.2) is 0 Å². The van der Waals surface area contributed by atoms with Gasteiger partial charge in [-0.2, -0.15) is 5.10 Å². The maximum atomic E-state index is 12.4. The Hall–Kier alpha value is -1.88. The van der Waals surface area contributed by atoms with Gasteiger partial charge in [-0.25, -0.2) is 0 Å². The zero-order valence-corrected chi connectivity index (χ0v) is 10.8. The normalized spacial score (nSPS) is 23.8. The largest absolute Gasteiger partial charge is 0.393 e. The minimum atomic E-state index is -0.292. The summed E-state index contributed by atoms with van der Waals surface area (Å²) < 4.78 is 0. The summed E-state index contributed by atoms with van der Waals surface area (Å²) in [4.78, 5) is 14.2. The standard InChI is InChI=1S/C14H17N3O2/c1-9-8-17(5-4-13(9)18)14(19)10-2-3-11-7-15-16-12(11)6-10/h2-3,6-7,9,13,18H,4-5,8H2,1H3,(H,15,16). The van der Waals surface area contributed by atoms with E-state index in [9.17, 15) is 9.90 Å². The summed E-state index contributed by atoms with van der Waals surface area (Å²) >= 11 is 0. The molecule has 0 radical (unpaired) electrons. The van der Waals surface area contributed by atoms with Crippen LogP contribution in [0.3, 0.4) is 0 Å². The zero-order chi connectivity index (χ0) is 13.4. The number of rotatable bonds is 1. The monoisotopic (exact) mass is 259 g/mol. The minimum absolute atomic E-state index is 0.0234. The molecular weight excluding hydrogens is 242 g/mol. The molecule has 100 valence electrons. The van der Waals surface area contributed by atoms with Crippen LogP contribution in [0, 0.1) is 5.92 Å². The number of benzene rings is 1. The number of aliphatic hydroxyl groups excluding tert-OH is 1. The molecule has 1 aromatic heterocycles. The number of piperidine rings is 1. The first-order valence-electron chi connectivity index (χ1n) is 6.55. The Morgan fingerprint density at radius 3 is 3.16 bits per heavy atom. The van der Waals surface area contributed by atoms with Crippen molar-refractivity contribution < 1.29 is 9.90 Å². The van der Waals surface area contributed by atoms with E-state index >= 15 is 0 Å². The number of amides is 1. The van der Waals surface area contributed by atoms with E-state index in [1.807, 2.05) is 30.0 Å². The summed E-state index contributed by atoms with van der Waals surface area (Å²) in [5, 5.41) is 17.5. The number of aromatic amines is 1. The Morgan fingerprint density at radius 1 is 1.53 bits per heavy atom. The summed E-state index contributed by atoms with van der Waals surface area (Å²) in [6, 6.07) is 5.56. The maximum absolute atomic E-state index is 12.4. The van der Waals surface area contributed by atoms with Crippen LogP contribution in [-0.4, -0.2) is 45.3 Å². The number of hydrogen-bond acceptors (Lipinski definition) is 3. The molecule has 0 aliphatic carbocycles. The third kappa shape index (κ3) is 2.21. The molecule has 0 saturated carbocycles. The topological polar surface area (TPSA) is 69.2 Å². The number of aromatic nitrogens is 2. The number of carbonyl (C=O) groups excluding carboxylic acids is 1. The van der Waals surface area contributed by atoms with E-state index in [1.54, 1.807) is 6.20 Å². The van der Waals surface area contributed by atoms with E-state index in [4.69, 9.17) is 0 Å². The molecule has 2 heterocycles. The van der Waals surface area contributed by atoms with Gasteiger partial charge in [0.2, 0.25) is 0 Å². The molecule has 5 nitrogen and oxygen atoms in total. The van der Waals surface area contributed by atoms with Crippen molar-refractivity contribution in [1.29, 1.82) is 0 Å². The average Bonchev–Trinajstić information content (AvgIpc) is 2.88. The Kier molecular flexibility index (Phi) is 2.98. The Labute approximate surface area is 111 Å². The molecule has 0 spiro atoms. The number of fused-ring (bicyclic) bond motifs is 1. The first-order valence-corrected chi connectivity index (χ1v) is 6.55.